The second kappa shape index (κ2) is 7.41. The highest BCUT2D eigenvalue weighted by Crippen LogP contribution is 2.28. The lowest BCUT2D eigenvalue weighted by molar-refractivity contribution is -0.154. The smallest absolute Gasteiger partial charge is 0.307 e. The van der Waals surface area contributed by atoms with Crippen LogP contribution in [0.25, 0.3) is 0 Å². The van der Waals surface area contributed by atoms with Crippen molar-refractivity contribution >= 4 is 11.9 Å². The minimum Gasteiger partial charge on any atom is -0.453 e. The minimum absolute atomic E-state index is 0.116. The van der Waals surface area contributed by atoms with E-state index >= 15 is 0 Å². The fourth-order valence-electron chi connectivity index (χ4n) is 2.27. The van der Waals surface area contributed by atoms with Crippen LogP contribution in [0.3, 0.4) is 0 Å². The summed E-state index contributed by atoms with van der Waals surface area (Å²) in [6.45, 7) is 1.47. The van der Waals surface area contributed by atoms with Gasteiger partial charge < -0.3 is 10.5 Å². The number of carbonyl (C=O) groups is 2. The molecule has 0 saturated heterocycles. The Hall–Kier alpha value is -2.62. The summed E-state index contributed by atoms with van der Waals surface area (Å²) in [6.07, 6.45) is -0.759. The van der Waals surface area contributed by atoms with Crippen LogP contribution in [0.4, 0.5) is 0 Å². The molecule has 0 saturated carbocycles. The Kier molecular flexibility index (Phi) is 5.31. The molecule has 4 heteroatoms. The number of primary amides is 1. The van der Waals surface area contributed by atoms with Gasteiger partial charge in [-0.15, -0.1) is 0 Å². The number of nitrogens with two attached hydrogens (primary N) is 1. The standard InChI is InChI=1S/C18H19NO3/c1-13(18(19)21)22-17(20)12-16(14-8-4-2-5-9-14)15-10-6-3-7-11-15/h2-11,13,16H,12H2,1H3,(H2,19,21)/t13-/m0/s1. The van der Waals surface area contributed by atoms with E-state index in [2.05, 4.69) is 0 Å². The molecule has 0 aliphatic carbocycles. The molecule has 0 heterocycles. The van der Waals surface area contributed by atoms with Crippen molar-refractivity contribution in [2.75, 3.05) is 0 Å². The summed E-state index contributed by atoms with van der Waals surface area (Å²) in [5, 5.41) is 0. The Balaban J connectivity index is 2.19. The molecule has 0 spiro atoms. The van der Waals surface area contributed by atoms with Crippen molar-refractivity contribution in [1.82, 2.24) is 0 Å². The molecule has 1 amide bonds. The number of rotatable bonds is 6. The summed E-state index contributed by atoms with van der Waals surface area (Å²) in [5.74, 6) is -1.21. The van der Waals surface area contributed by atoms with Crippen LogP contribution >= 0.6 is 0 Å². The first-order chi connectivity index (χ1) is 10.6. The summed E-state index contributed by atoms with van der Waals surface area (Å²) in [5.41, 5.74) is 7.17. The number of hydrogen-bond donors (Lipinski definition) is 1. The maximum Gasteiger partial charge on any atom is 0.307 e. The molecule has 0 unspecified atom stereocenters. The second-order valence-corrected chi connectivity index (χ2v) is 5.11. The van der Waals surface area contributed by atoms with Gasteiger partial charge in [-0.3, -0.25) is 9.59 Å². The maximum absolute atomic E-state index is 12.1. The highest BCUT2D eigenvalue weighted by atomic mass is 16.5. The third-order valence-electron chi connectivity index (χ3n) is 3.48. The summed E-state index contributed by atoms with van der Waals surface area (Å²) in [6, 6.07) is 19.5. The zero-order valence-corrected chi connectivity index (χ0v) is 12.4. The predicted octanol–water partition coefficient (Wildman–Crippen LogP) is 2.63. The topological polar surface area (TPSA) is 69.4 Å². The van der Waals surface area contributed by atoms with Crippen LogP contribution in [0.1, 0.15) is 30.4 Å². The summed E-state index contributed by atoms with van der Waals surface area (Å²) >= 11 is 0. The number of benzene rings is 2. The zero-order chi connectivity index (χ0) is 15.9. The average Bonchev–Trinajstić information content (AvgIpc) is 2.54. The van der Waals surface area contributed by atoms with Gasteiger partial charge in [0.1, 0.15) is 0 Å². The van der Waals surface area contributed by atoms with Crippen molar-refractivity contribution in [3.63, 3.8) is 0 Å². The van der Waals surface area contributed by atoms with Gasteiger partial charge >= 0.3 is 5.97 Å². The van der Waals surface area contributed by atoms with Gasteiger partial charge in [-0.1, -0.05) is 60.7 Å². The van der Waals surface area contributed by atoms with Crippen molar-refractivity contribution in [2.24, 2.45) is 5.73 Å². The Morgan fingerprint density at radius 2 is 1.41 bits per heavy atom. The van der Waals surface area contributed by atoms with Crippen molar-refractivity contribution in [3.05, 3.63) is 71.8 Å². The average molecular weight is 297 g/mol. The lowest BCUT2D eigenvalue weighted by atomic mass is 9.88. The molecule has 2 N–H and O–H groups in total. The first kappa shape index (κ1) is 15.8. The van der Waals surface area contributed by atoms with E-state index in [1.54, 1.807) is 0 Å². The normalized spacial score (nSPS) is 11.9. The van der Waals surface area contributed by atoms with Crippen LogP contribution in [0.15, 0.2) is 60.7 Å². The number of hydrogen-bond acceptors (Lipinski definition) is 3. The van der Waals surface area contributed by atoms with E-state index in [4.69, 9.17) is 10.5 Å². The highest BCUT2D eigenvalue weighted by molar-refractivity contribution is 5.82. The van der Waals surface area contributed by atoms with Crippen LogP contribution in [-0.4, -0.2) is 18.0 Å². The van der Waals surface area contributed by atoms with Crippen molar-refractivity contribution in [1.29, 1.82) is 0 Å². The third-order valence-corrected chi connectivity index (χ3v) is 3.48. The molecular weight excluding hydrogens is 278 g/mol. The molecular formula is C18H19NO3. The van der Waals surface area contributed by atoms with Crippen LogP contribution in [0.5, 0.6) is 0 Å². The number of ether oxygens (including phenoxy) is 1. The molecule has 0 aromatic heterocycles. The van der Waals surface area contributed by atoms with E-state index in [9.17, 15) is 9.59 Å². The Labute approximate surface area is 129 Å². The summed E-state index contributed by atoms with van der Waals surface area (Å²) in [7, 11) is 0. The summed E-state index contributed by atoms with van der Waals surface area (Å²) < 4.78 is 5.07. The van der Waals surface area contributed by atoms with Gasteiger partial charge in [0.2, 0.25) is 0 Å². The molecule has 0 fully saturated rings. The van der Waals surface area contributed by atoms with E-state index in [-0.39, 0.29) is 12.3 Å². The van der Waals surface area contributed by atoms with Gasteiger partial charge in [-0.05, 0) is 18.1 Å². The number of esters is 1. The molecule has 0 bridgehead atoms. The Morgan fingerprint density at radius 3 is 1.82 bits per heavy atom. The van der Waals surface area contributed by atoms with E-state index in [1.165, 1.54) is 6.92 Å². The molecule has 2 aromatic carbocycles. The van der Waals surface area contributed by atoms with Crippen LogP contribution in [0, 0.1) is 0 Å². The van der Waals surface area contributed by atoms with E-state index in [1.807, 2.05) is 60.7 Å². The predicted molar refractivity (Wildman–Crippen MR) is 84.1 cm³/mol. The largest absolute Gasteiger partial charge is 0.453 e. The third kappa shape index (κ3) is 4.19. The fraction of sp³-hybridized carbons (Fsp3) is 0.222. The fourth-order valence-corrected chi connectivity index (χ4v) is 2.27. The van der Waals surface area contributed by atoms with Crippen molar-refractivity contribution in [2.45, 2.75) is 25.4 Å². The van der Waals surface area contributed by atoms with Gasteiger partial charge in [0, 0.05) is 5.92 Å². The van der Waals surface area contributed by atoms with E-state index in [0.29, 0.717) is 0 Å². The Bertz CT molecular complexity index is 586. The first-order valence-corrected chi connectivity index (χ1v) is 7.16. The molecule has 114 valence electrons. The van der Waals surface area contributed by atoms with E-state index in [0.717, 1.165) is 11.1 Å². The first-order valence-electron chi connectivity index (χ1n) is 7.16. The van der Waals surface area contributed by atoms with Gasteiger partial charge in [0.25, 0.3) is 5.91 Å². The van der Waals surface area contributed by atoms with Gasteiger partial charge in [-0.2, -0.15) is 0 Å². The van der Waals surface area contributed by atoms with Crippen LogP contribution in [0.2, 0.25) is 0 Å². The molecule has 2 rings (SSSR count). The zero-order valence-electron chi connectivity index (χ0n) is 12.4. The molecule has 2 aromatic rings. The molecule has 0 radical (unpaired) electrons. The maximum atomic E-state index is 12.1. The van der Waals surface area contributed by atoms with Gasteiger partial charge in [0.05, 0.1) is 6.42 Å². The van der Waals surface area contributed by atoms with Gasteiger partial charge in [0.15, 0.2) is 6.10 Å². The molecule has 22 heavy (non-hydrogen) atoms. The molecule has 1 atom stereocenters. The van der Waals surface area contributed by atoms with Crippen molar-refractivity contribution in [3.8, 4) is 0 Å². The monoisotopic (exact) mass is 297 g/mol. The lowest BCUT2D eigenvalue weighted by Crippen LogP contribution is -2.30. The number of carbonyl (C=O) groups excluding carboxylic acids is 2. The lowest BCUT2D eigenvalue weighted by Gasteiger charge is -2.18. The molecule has 0 aliphatic heterocycles. The Morgan fingerprint density at radius 1 is 0.955 bits per heavy atom. The van der Waals surface area contributed by atoms with Crippen molar-refractivity contribution < 1.29 is 14.3 Å². The molecule has 0 aliphatic rings. The minimum atomic E-state index is -0.917. The number of amides is 1. The quantitative estimate of drug-likeness (QED) is 0.833. The van der Waals surface area contributed by atoms with E-state index < -0.39 is 18.0 Å². The summed E-state index contributed by atoms with van der Waals surface area (Å²) in [4.78, 5) is 23.1. The van der Waals surface area contributed by atoms with Crippen LogP contribution < -0.4 is 5.73 Å². The van der Waals surface area contributed by atoms with Gasteiger partial charge in [-0.25, -0.2) is 0 Å². The highest BCUT2D eigenvalue weighted by Gasteiger charge is 2.21. The second-order valence-electron chi connectivity index (χ2n) is 5.11. The van der Waals surface area contributed by atoms with Crippen LogP contribution in [-0.2, 0) is 14.3 Å². The SMILES string of the molecule is C[C@H](OC(=O)CC(c1ccccc1)c1ccccc1)C(N)=O. The molecule has 4 nitrogen and oxygen atoms in total.